The van der Waals surface area contributed by atoms with Gasteiger partial charge in [-0.3, -0.25) is 10.4 Å². The fourth-order valence-corrected chi connectivity index (χ4v) is 7.38. The Bertz CT molecular complexity index is 1650. The third-order valence-electron chi connectivity index (χ3n) is 7.44. The molecule has 0 bridgehead atoms. The summed E-state index contributed by atoms with van der Waals surface area (Å²) in [4.78, 5) is 0. The molecule has 0 saturated heterocycles. The van der Waals surface area contributed by atoms with E-state index in [1.807, 2.05) is 121 Å². The van der Waals surface area contributed by atoms with Crippen LogP contribution >= 0.6 is 0 Å². The van der Waals surface area contributed by atoms with Crippen LogP contribution in [-0.4, -0.2) is 37.6 Å². The Morgan fingerprint density at radius 1 is 0.825 bits per heavy atom. The van der Waals surface area contributed by atoms with Gasteiger partial charge in [0.15, 0.2) is 15.2 Å². The predicted octanol–water partition coefficient (Wildman–Crippen LogP) is 5.48. The summed E-state index contributed by atoms with van der Waals surface area (Å²) in [5.41, 5.74) is 8.64. The number of aryl methyl sites for hydroxylation is 1. The Kier molecular flexibility index (Phi) is 6.86. The molecule has 3 atom stereocenters. The second-order valence-corrected chi connectivity index (χ2v) is 12.3. The van der Waals surface area contributed by atoms with Crippen molar-refractivity contribution in [2.45, 2.75) is 30.0 Å². The van der Waals surface area contributed by atoms with Gasteiger partial charge in [0.25, 0.3) is 0 Å². The van der Waals surface area contributed by atoms with Crippen molar-refractivity contribution < 1.29 is 13.2 Å². The molecular weight excluding hydrogens is 520 g/mol. The molecule has 1 N–H and O–H groups in total. The van der Waals surface area contributed by atoms with Crippen LogP contribution in [0.5, 0.6) is 5.75 Å². The molecule has 8 heteroatoms. The van der Waals surface area contributed by atoms with Crippen molar-refractivity contribution >= 4 is 26.9 Å². The highest BCUT2D eigenvalue weighted by molar-refractivity contribution is 7.93. The first kappa shape index (κ1) is 25.8. The first-order chi connectivity index (χ1) is 19.5. The highest BCUT2D eigenvalue weighted by Gasteiger charge is 2.51. The Hall–Kier alpha value is -4.43. The molecule has 0 aromatic heterocycles. The highest BCUT2D eigenvalue weighted by atomic mass is 32.2. The first-order valence-electron chi connectivity index (χ1n) is 13.2. The molecule has 0 spiro atoms. The summed E-state index contributed by atoms with van der Waals surface area (Å²) in [6, 6.07) is 34.2. The minimum Gasteiger partial charge on any atom is -0.497 e. The molecule has 0 amide bonds. The van der Waals surface area contributed by atoms with E-state index >= 15 is 0 Å². The molecule has 40 heavy (non-hydrogen) atoms. The Morgan fingerprint density at radius 2 is 1.45 bits per heavy atom. The van der Waals surface area contributed by atoms with Crippen molar-refractivity contribution in [1.82, 2.24) is 5.43 Å². The number of hydrogen-bond acceptors (Lipinski definition) is 7. The standard InChI is InChI=1S/C32H30N4O3S/c1-22-13-15-23(16-14-22)28-21-29(34-33-28)40(37,38)32-30(24-17-19-27(39-2)20-18-24)35-36(26-11-7-4-8-12-26)31(32)25-9-5-3-6-10-25/h3-20,29,31-32,34H,21H2,1-2H3. The van der Waals surface area contributed by atoms with Crippen molar-refractivity contribution in [2.75, 3.05) is 12.1 Å². The summed E-state index contributed by atoms with van der Waals surface area (Å²) < 4.78 is 34.7. The van der Waals surface area contributed by atoms with Crippen LogP contribution in [0.2, 0.25) is 0 Å². The lowest BCUT2D eigenvalue weighted by Crippen LogP contribution is -2.45. The average Bonchev–Trinajstić information content (AvgIpc) is 3.66. The Labute approximate surface area is 234 Å². The van der Waals surface area contributed by atoms with Crippen LogP contribution in [0.25, 0.3) is 0 Å². The molecule has 4 aromatic carbocycles. The van der Waals surface area contributed by atoms with Crippen molar-refractivity contribution in [3.8, 4) is 5.75 Å². The SMILES string of the molecule is COc1ccc(C2=NN(c3ccccc3)C(c3ccccc3)C2S(=O)(=O)C2CC(c3ccc(C)cc3)=NN2)cc1. The number of hydrogen-bond donors (Lipinski definition) is 1. The van der Waals surface area contributed by atoms with Gasteiger partial charge in [0.2, 0.25) is 0 Å². The van der Waals surface area contributed by atoms with E-state index in [-0.39, 0.29) is 6.42 Å². The van der Waals surface area contributed by atoms with Gasteiger partial charge in [0.05, 0.1) is 24.2 Å². The zero-order valence-corrected chi connectivity index (χ0v) is 23.1. The van der Waals surface area contributed by atoms with Crippen molar-refractivity contribution in [3.05, 3.63) is 131 Å². The highest BCUT2D eigenvalue weighted by Crippen LogP contribution is 2.42. The van der Waals surface area contributed by atoms with Crippen LogP contribution in [0, 0.1) is 6.92 Å². The lowest BCUT2D eigenvalue weighted by molar-refractivity contribution is 0.415. The number of hydrazone groups is 2. The van der Waals surface area contributed by atoms with Crippen molar-refractivity contribution in [2.24, 2.45) is 10.2 Å². The quantitative estimate of drug-likeness (QED) is 0.330. The van der Waals surface area contributed by atoms with Gasteiger partial charge in [-0.2, -0.15) is 10.2 Å². The van der Waals surface area contributed by atoms with Crippen LogP contribution in [0.3, 0.4) is 0 Å². The van der Waals surface area contributed by atoms with E-state index in [2.05, 4.69) is 10.5 Å². The third-order valence-corrected chi connectivity index (χ3v) is 9.69. The maximum Gasteiger partial charge on any atom is 0.184 e. The zero-order valence-electron chi connectivity index (χ0n) is 22.3. The number of nitrogens with zero attached hydrogens (tertiary/aromatic N) is 3. The van der Waals surface area contributed by atoms with Gasteiger partial charge >= 0.3 is 0 Å². The Balaban J connectivity index is 1.45. The minimum absolute atomic E-state index is 0.268. The molecular formula is C32H30N4O3S. The number of nitrogens with one attached hydrogen (secondary N) is 1. The zero-order chi connectivity index (χ0) is 27.7. The number of ether oxygens (including phenoxy) is 1. The molecule has 2 aliphatic rings. The molecule has 6 rings (SSSR count). The first-order valence-corrected chi connectivity index (χ1v) is 14.8. The molecule has 0 aliphatic carbocycles. The number of para-hydroxylation sites is 1. The van der Waals surface area contributed by atoms with Gasteiger partial charge in [-0.25, -0.2) is 8.42 Å². The lowest BCUT2D eigenvalue weighted by atomic mass is 9.97. The third kappa shape index (κ3) is 4.75. The van der Waals surface area contributed by atoms with Gasteiger partial charge in [-0.1, -0.05) is 78.4 Å². The summed E-state index contributed by atoms with van der Waals surface area (Å²) in [6.45, 7) is 2.02. The second kappa shape index (κ2) is 10.6. The van der Waals surface area contributed by atoms with Gasteiger partial charge in [-0.15, -0.1) is 0 Å². The molecule has 202 valence electrons. The maximum atomic E-state index is 14.7. The molecule has 3 unspecified atom stereocenters. The van der Waals surface area contributed by atoms with Crippen molar-refractivity contribution in [3.63, 3.8) is 0 Å². The van der Waals surface area contributed by atoms with E-state index in [1.165, 1.54) is 0 Å². The molecule has 7 nitrogen and oxygen atoms in total. The van der Waals surface area contributed by atoms with Crippen LogP contribution in [0.1, 0.15) is 34.7 Å². The molecule has 0 saturated carbocycles. The van der Waals surface area contributed by atoms with Crippen LogP contribution < -0.4 is 15.2 Å². The van der Waals surface area contributed by atoms with Gasteiger partial charge in [-0.05, 0) is 60.0 Å². The van der Waals surface area contributed by atoms with Crippen LogP contribution in [0.4, 0.5) is 5.69 Å². The van der Waals surface area contributed by atoms with Gasteiger partial charge < -0.3 is 4.74 Å². The van der Waals surface area contributed by atoms with Crippen LogP contribution in [-0.2, 0) is 9.84 Å². The van der Waals surface area contributed by atoms with Gasteiger partial charge in [0.1, 0.15) is 17.0 Å². The smallest absolute Gasteiger partial charge is 0.184 e. The maximum absolute atomic E-state index is 14.7. The predicted molar refractivity (Wildman–Crippen MR) is 160 cm³/mol. The van der Waals surface area contributed by atoms with E-state index in [0.29, 0.717) is 11.5 Å². The molecule has 0 radical (unpaired) electrons. The number of benzene rings is 4. The number of sulfone groups is 1. The topological polar surface area (TPSA) is 83.4 Å². The second-order valence-electron chi connectivity index (χ2n) is 10.0. The van der Waals surface area contributed by atoms with E-state index in [4.69, 9.17) is 9.84 Å². The monoisotopic (exact) mass is 550 g/mol. The molecule has 2 aliphatic heterocycles. The summed E-state index contributed by atoms with van der Waals surface area (Å²) in [5, 5.41) is 9.48. The molecule has 0 fully saturated rings. The van der Waals surface area contributed by atoms with E-state index in [0.717, 1.165) is 33.7 Å². The number of rotatable bonds is 7. The summed E-state index contributed by atoms with van der Waals surface area (Å²) in [6.07, 6.45) is 0.268. The van der Waals surface area contributed by atoms with E-state index in [1.54, 1.807) is 7.11 Å². The van der Waals surface area contributed by atoms with E-state index < -0.39 is 26.5 Å². The fourth-order valence-electron chi connectivity index (χ4n) is 5.31. The molecule has 2 heterocycles. The summed E-state index contributed by atoms with van der Waals surface area (Å²) in [5.74, 6) is 0.690. The normalized spacial score (nSPS) is 20.6. The lowest BCUT2D eigenvalue weighted by Gasteiger charge is -2.30. The number of methoxy groups -OCH3 is 1. The van der Waals surface area contributed by atoms with Gasteiger partial charge in [0, 0.05) is 6.42 Å². The Morgan fingerprint density at radius 3 is 2.10 bits per heavy atom. The summed E-state index contributed by atoms with van der Waals surface area (Å²) in [7, 11) is -2.26. The minimum atomic E-state index is -3.87. The number of anilines is 1. The molecule has 4 aromatic rings. The van der Waals surface area contributed by atoms with E-state index in [9.17, 15) is 8.42 Å². The largest absolute Gasteiger partial charge is 0.497 e. The van der Waals surface area contributed by atoms with Crippen LogP contribution in [0.15, 0.2) is 119 Å². The van der Waals surface area contributed by atoms with Crippen molar-refractivity contribution in [1.29, 1.82) is 0 Å². The summed E-state index contributed by atoms with van der Waals surface area (Å²) >= 11 is 0. The average molecular weight is 551 g/mol. The fraction of sp³-hybridized carbons (Fsp3) is 0.188.